The quantitative estimate of drug-likeness (QED) is 0.271. The zero-order valence-electron chi connectivity index (χ0n) is 23.2. The van der Waals surface area contributed by atoms with Crippen LogP contribution in [0.25, 0.3) is 22.6 Å². The summed E-state index contributed by atoms with van der Waals surface area (Å²) in [6.45, 7) is 3.89. The molecule has 2 aliphatic heterocycles. The number of carbonyl (C=O) groups excluding carboxylic acids is 2. The normalized spacial score (nSPS) is 20.4. The molecule has 0 bridgehead atoms. The van der Waals surface area contributed by atoms with Gasteiger partial charge in [0.05, 0.1) is 24.6 Å². The summed E-state index contributed by atoms with van der Waals surface area (Å²) in [4.78, 5) is 34.4. The predicted octanol–water partition coefficient (Wildman–Crippen LogP) is 6.27. The summed E-state index contributed by atoms with van der Waals surface area (Å²) in [5, 5.41) is 0. The van der Waals surface area contributed by atoms with Crippen LogP contribution in [0.15, 0.2) is 59.0 Å². The van der Waals surface area contributed by atoms with Crippen LogP contribution in [0.2, 0.25) is 0 Å². The van der Waals surface area contributed by atoms with Gasteiger partial charge in [-0.1, -0.05) is 24.3 Å². The summed E-state index contributed by atoms with van der Waals surface area (Å²) in [5.41, 5.74) is 6.22. The van der Waals surface area contributed by atoms with E-state index in [1.807, 2.05) is 34.1 Å². The van der Waals surface area contributed by atoms with Gasteiger partial charge in [-0.15, -0.1) is 0 Å². The molecular formula is C33H32FN3O4. The summed E-state index contributed by atoms with van der Waals surface area (Å²) >= 11 is 0. The van der Waals surface area contributed by atoms with Gasteiger partial charge in [0.25, 0.3) is 5.91 Å². The Bertz CT molecular complexity index is 1680. The minimum absolute atomic E-state index is 0.0241. The van der Waals surface area contributed by atoms with Crippen molar-refractivity contribution in [3.8, 4) is 11.5 Å². The third kappa shape index (κ3) is 4.55. The molecule has 4 aromatic rings. The number of carbonyl (C=O) groups is 2. The second-order valence-corrected chi connectivity index (χ2v) is 11.4. The molecule has 2 atom stereocenters. The van der Waals surface area contributed by atoms with Gasteiger partial charge in [-0.25, -0.2) is 9.37 Å². The minimum atomic E-state index is -0.444. The maximum absolute atomic E-state index is 15.4. The molecule has 1 aliphatic carbocycles. The third-order valence-corrected chi connectivity index (χ3v) is 8.92. The van der Waals surface area contributed by atoms with Gasteiger partial charge in [-0.05, 0) is 85.5 Å². The molecule has 1 saturated carbocycles. The van der Waals surface area contributed by atoms with Crippen LogP contribution in [0, 0.1) is 11.7 Å². The molecule has 3 aliphatic rings. The van der Waals surface area contributed by atoms with Gasteiger partial charge in [-0.2, -0.15) is 0 Å². The number of oxazole rings is 1. The van der Waals surface area contributed by atoms with Crippen molar-refractivity contribution in [3.63, 3.8) is 0 Å². The molecule has 41 heavy (non-hydrogen) atoms. The van der Waals surface area contributed by atoms with Gasteiger partial charge in [0, 0.05) is 30.9 Å². The Kier molecular flexibility index (Phi) is 6.29. The fraction of sp³-hybridized carbons (Fsp3) is 0.364. The first-order valence-electron chi connectivity index (χ1n) is 14.4. The van der Waals surface area contributed by atoms with Gasteiger partial charge in [0.2, 0.25) is 5.89 Å². The second-order valence-electron chi connectivity index (χ2n) is 11.4. The number of hydrogen-bond donors (Lipinski definition) is 0. The van der Waals surface area contributed by atoms with Crippen LogP contribution in [-0.4, -0.2) is 48.5 Å². The Morgan fingerprint density at radius 3 is 2.63 bits per heavy atom. The number of nitrogens with zero attached hydrogens (tertiary/aromatic N) is 3. The summed E-state index contributed by atoms with van der Waals surface area (Å²) < 4.78 is 26.5. The highest BCUT2D eigenvalue weighted by atomic mass is 19.1. The van der Waals surface area contributed by atoms with E-state index in [-0.39, 0.29) is 35.3 Å². The summed E-state index contributed by atoms with van der Waals surface area (Å²) in [7, 11) is 1.39. The Morgan fingerprint density at radius 2 is 1.85 bits per heavy atom. The van der Waals surface area contributed by atoms with Crippen molar-refractivity contribution < 1.29 is 23.1 Å². The van der Waals surface area contributed by atoms with Gasteiger partial charge in [-0.3, -0.25) is 9.59 Å². The first kappa shape index (κ1) is 25.7. The van der Waals surface area contributed by atoms with Crippen LogP contribution in [0.4, 0.5) is 10.1 Å². The lowest BCUT2D eigenvalue weighted by Crippen LogP contribution is -2.38. The van der Waals surface area contributed by atoms with E-state index in [1.54, 1.807) is 12.1 Å². The molecule has 8 heteroatoms. The van der Waals surface area contributed by atoms with E-state index in [1.165, 1.54) is 24.3 Å². The Hall–Kier alpha value is -4.20. The molecule has 1 aromatic heterocycles. The maximum Gasteiger partial charge on any atom is 0.310 e. The average Bonchev–Trinajstić information content (AvgIpc) is 3.55. The van der Waals surface area contributed by atoms with E-state index >= 15 is 4.39 Å². The number of anilines is 1. The van der Waals surface area contributed by atoms with Crippen LogP contribution >= 0.6 is 0 Å². The highest BCUT2D eigenvalue weighted by molar-refractivity contribution is 5.99. The number of methoxy groups -OCH3 is 1. The Balaban J connectivity index is 1.19. The molecule has 1 saturated heterocycles. The third-order valence-electron chi connectivity index (χ3n) is 8.92. The minimum Gasteiger partial charge on any atom is -0.469 e. The molecule has 0 spiro atoms. The molecule has 3 aromatic carbocycles. The van der Waals surface area contributed by atoms with E-state index in [0.29, 0.717) is 54.3 Å². The molecule has 1 amide bonds. The van der Waals surface area contributed by atoms with Crippen LogP contribution in [0.1, 0.15) is 65.2 Å². The van der Waals surface area contributed by atoms with Gasteiger partial charge >= 0.3 is 5.97 Å². The van der Waals surface area contributed by atoms with Crippen molar-refractivity contribution in [1.29, 1.82) is 0 Å². The van der Waals surface area contributed by atoms with Crippen LogP contribution in [0.3, 0.4) is 0 Å². The molecule has 0 radical (unpaired) electrons. The summed E-state index contributed by atoms with van der Waals surface area (Å²) in [6.07, 6.45) is 3.57. The smallest absolute Gasteiger partial charge is 0.310 e. The number of ether oxygens (including phenoxy) is 1. The number of aromatic nitrogens is 1. The summed E-state index contributed by atoms with van der Waals surface area (Å²) in [6, 6.07) is 17.0. The van der Waals surface area contributed by atoms with Gasteiger partial charge in [0.1, 0.15) is 11.3 Å². The molecule has 7 nitrogen and oxygen atoms in total. The summed E-state index contributed by atoms with van der Waals surface area (Å²) in [5.74, 6) is -0.390. The fourth-order valence-corrected chi connectivity index (χ4v) is 6.44. The van der Waals surface area contributed by atoms with E-state index in [9.17, 15) is 9.59 Å². The number of rotatable bonds is 5. The predicted molar refractivity (Wildman–Crippen MR) is 153 cm³/mol. The first-order valence-corrected chi connectivity index (χ1v) is 14.4. The second kappa shape index (κ2) is 10.0. The van der Waals surface area contributed by atoms with Crippen molar-refractivity contribution in [2.75, 3.05) is 31.6 Å². The monoisotopic (exact) mass is 553 g/mol. The van der Waals surface area contributed by atoms with E-state index < -0.39 is 5.82 Å². The Morgan fingerprint density at radius 1 is 1.02 bits per heavy atom. The molecule has 1 unspecified atom stereocenters. The number of benzene rings is 3. The van der Waals surface area contributed by atoms with Crippen molar-refractivity contribution in [2.24, 2.45) is 5.92 Å². The molecule has 3 heterocycles. The highest BCUT2D eigenvalue weighted by Gasteiger charge is 2.33. The standard InChI is InChI=1S/C33H32FN3O4/c1-19-25-6-4-3-5-20(25)12-14-37(19)32(38)23-15-27(21-7-8-21)30-29(16-23)41-31(35-30)26-10-9-24(17-28(26)34)36-13-11-22(18-36)33(39)40-2/h3-6,9-10,15-17,19,21-22H,7-8,11-14,18H2,1-2H3/t19?,22-/m0/s1. The van der Waals surface area contributed by atoms with Crippen LogP contribution in [0.5, 0.6) is 0 Å². The van der Waals surface area contributed by atoms with Crippen LogP contribution < -0.4 is 4.90 Å². The zero-order chi connectivity index (χ0) is 28.2. The van der Waals surface area contributed by atoms with E-state index in [4.69, 9.17) is 14.1 Å². The van der Waals surface area contributed by atoms with E-state index in [2.05, 4.69) is 19.1 Å². The van der Waals surface area contributed by atoms with Crippen LogP contribution in [-0.2, 0) is 16.0 Å². The molecule has 210 valence electrons. The number of amides is 1. The molecule has 2 fully saturated rings. The largest absolute Gasteiger partial charge is 0.469 e. The molecule has 0 N–H and O–H groups in total. The van der Waals surface area contributed by atoms with Crippen molar-refractivity contribution in [1.82, 2.24) is 9.88 Å². The van der Waals surface area contributed by atoms with Crippen molar-refractivity contribution in [3.05, 3.63) is 82.7 Å². The Labute approximate surface area is 237 Å². The number of esters is 1. The molecular weight excluding hydrogens is 521 g/mol. The average molecular weight is 554 g/mol. The lowest BCUT2D eigenvalue weighted by Gasteiger charge is -2.35. The zero-order valence-corrected chi connectivity index (χ0v) is 23.2. The maximum atomic E-state index is 15.4. The fourth-order valence-electron chi connectivity index (χ4n) is 6.44. The lowest BCUT2D eigenvalue weighted by molar-refractivity contribution is -0.144. The van der Waals surface area contributed by atoms with Gasteiger partial charge in [0.15, 0.2) is 5.58 Å². The van der Waals surface area contributed by atoms with Crippen molar-refractivity contribution in [2.45, 2.75) is 44.6 Å². The SMILES string of the molecule is COC(=O)[C@H]1CCN(c2ccc(-c3nc4c(C5CC5)cc(C(=O)N5CCc6ccccc6C5C)cc4o3)c(F)c2)C1. The van der Waals surface area contributed by atoms with Gasteiger partial charge < -0.3 is 19.0 Å². The number of halogens is 1. The topological polar surface area (TPSA) is 75.9 Å². The molecule has 7 rings (SSSR count). The lowest BCUT2D eigenvalue weighted by atomic mass is 9.93. The number of fused-ring (bicyclic) bond motifs is 2. The number of hydrogen-bond acceptors (Lipinski definition) is 6. The highest BCUT2D eigenvalue weighted by Crippen LogP contribution is 2.45. The first-order chi connectivity index (χ1) is 19.9. The van der Waals surface area contributed by atoms with Crippen molar-refractivity contribution >= 4 is 28.7 Å². The van der Waals surface area contributed by atoms with E-state index in [0.717, 1.165) is 24.8 Å².